The Kier molecular flexibility index (Phi) is 4.40. The van der Waals surface area contributed by atoms with E-state index in [1.807, 2.05) is 0 Å². The molecule has 3 nitrogen and oxygen atoms in total. The zero-order valence-corrected chi connectivity index (χ0v) is 13.2. The molecule has 1 aliphatic carbocycles. The molecular weight excluding hydrogens is 248 g/mol. The lowest BCUT2D eigenvalue weighted by molar-refractivity contribution is -0.214. The van der Waals surface area contributed by atoms with Gasteiger partial charge < -0.3 is 5.11 Å². The SMILES string of the molecule is CC1(O)CCCCC1(N1CCCCC1)N1CCCCC1. The Bertz CT molecular complexity index is 299. The van der Waals surface area contributed by atoms with Gasteiger partial charge in [0, 0.05) is 0 Å². The average molecular weight is 280 g/mol. The van der Waals surface area contributed by atoms with Crippen LogP contribution in [0.15, 0.2) is 0 Å². The third-order valence-corrected chi connectivity index (χ3v) is 6.06. The van der Waals surface area contributed by atoms with Gasteiger partial charge in [-0.15, -0.1) is 0 Å². The number of nitrogens with zero attached hydrogens (tertiary/aromatic N) is 2. The summed E-state index contributed by atoms with van der Waals surface area (Å²) in [7, 11) is 0. The summed E-state index contributed by atoms with van der Waals surface area (Å²) >= 11 is 0. The van der Waals surface area contributed by atoms with Crippen molar-refractivity contribution in [3.05, 3.63) is 0 Å². The highest BCUT2D eigenvalue weighted by Gasteiger charge is 2.55. The molecule has 1 atom stereocenters. The minimum atomic E-state index is -0.542. The lowest BCUT2D eigenvalue weighted by Gasteiger charge is -2.61. The van der Waals surface area contributed by atoms with Crippen LogP contribution in [0.4, 0.5) is 0 Å². The molecule has 0 bridgehead atoms. The highest BCUT2D eigenvalue weighted by Crippen LogP contribution is 2.45. The van der Waals surface area contributed by atoms with Crippen LogP contribution in [-0.4, -0.2) is 52.3 Å². The summed E-state index contributed by atoms with van der Waals surface area (Å²) in [4.78, 5) is 5.34. The lowest BCUT2D eigenvalue weighted by atomic mass is 9.72. The monoisotopic (exact) mass is 280 g/mol. The molecule has 0 amide bonds. The Morgan fingerprint density at radius 2 is 1.10 bits per heavy atom. The van der Waals surface area contributed by atoms with Gasteiger partial charge in [-0.1, -0.05) is 25.7 Å². The molecule has 0 radical (unpaired) electrons. The maximum atomic E-state index is 11.3. The van der Waals surface area contributed by atoms with Gasteiger partial charge in [-0.3, -0.25) is 9.80 Å². The quantitative estimate of drug-likeness (QED) is 0.842. The van der Waals surface area contributed by atoms with E-state index in [0.717, 1.165) is 6.42 Å². The molecule has 0 aromatic carbocycles. The second-order valence-electron chi connectivity index (χ2n) is 7.39. The molecule has 3 fully saturated rings. The molecule has 0 aromatic heterocycles. The molecule has 3 heteroatoms. The molecule has 0 spiro atoms. The number of aliphatic hydroxyl groups is 1. The van der Waals surface area contributed by atoms with E-state index in [4.69, 9.17) is 0 Å². The molecule has 0 aromatic rings. The van der Waals surface area contributed by atoms with Crippen molar-refractivity contribution in [3.63, 3.8) is 0 Å². The molecule has 20 heavy (non-hydrogen) atoms. The number of piperidine rings is 2. The van der Waals surface area contributed by atoms with Crippen LogP contribution in [0.5, 0.6) is 0 Å². The number of likely N-dealkylation sites (tertiary alicyclic amines) is 2. The Hall–Kier alpha value is -0.120. The van der Waals surface area contributed by atoms with E-state index in [-0.39, 0.29) is 5.66 Å². The number of rotatable bonds is 2. The molecule has 1 saturated carbocycles. The summed E-state index contributed by atoms with van der Waals surface area (Å²) in [6, 6.07) is 0. The fourth-order valence-electron chi connectivity index (χ4n) is 5.04. The van der Waals surface area contributed by atoms with E-state index in [2.05, 4.69) is 16.7 Å². The normalized spacial score (nSPS) is 36.9. The standard InChI is InChI=1S/C17H32N2O/c1-16(20)10-4-5-11-17(16,18-12-6-2-7-13-18)19-14-8-3-9-15-19/h20H,2-15H2,1H3. The predicted molar refractivity (Wildman–Crippen MR) is 82.7 cm³/mol. The maximum Gasteiger partial charge on any atom is 0.103 e. The molecular formula is C17H32N2O. The van der Waals surface area contributed by atoms with Crippen LogP contribution in [0.2, 0.25) is 0 Å². The summed E-state index contributed by atoms with van der Waals surface area (Å²) in [5.41, 5.74) is -0.605. The highest BCUT2D eigenvalue weighted by molar-refractivity contribution is 5.07. The third kappa shape index (κ3) is 2.42. The fourth-order valence-corrected chi connectivity index (χ4v) is 5.04. The van der Waals surface area contributed by atoms with Gasteiger partial charge in [0.2, 0.25) is 0 Å². The van der Waals surface area contributed by atoms with Crippen LogP contribution < -0.4 is 0 Å². The first kappa shape index (κ1) is 14.8. The second kappa shape index (κ2) is 5.94. The van der Waals surface area contributed by atoms with Gasteiger partial charge in [0.05, 0.1) is 5.60 Å². The molecule has 1 N–H and O–H groups in total. The molecule has 2 heterocycles. The topological polar surface area (TPSA) is 26.7 Å². The summed E-state index contributed by atoms with van der Waals surface area (Å²) in [6.45, 7) is 6.87. The summed E-state index contributed by atoms with van der Waals surface area (Å²) in [5, 5.41) is 11.3. The summed E-state index contributed by atoms with van der Waals surface area (Å²) in [6.07, 6.45) is 12.6. The smallest absolute Gasteiger partial charge is 0.103 e. The van der Waals surface area contributed by atoms with Gasteiger partial charge in [-0.2, -0.15) is 0 Å². The Morgan fingerprint density at radius 1 is 0.650 bits per heavy atom. The van der Waals surface area contributed by atoms with Crippen molar-refractivity contribution < 1.29 is 5.11 Å². The predicted octanol–water partition coefficient (Wildman–Crippen LogP) is 2.98. The first-order chi connectivity index (χ1) is 9.67. The van der Waals surface area contributed by atoms with Crippen LogP contribution in [0.3, 0.4) is 0 Å². The van der Waals surface area contributed by atoms with E-state index in [0.29, 0.717) is 0 Å². The van der Waals surface area contributed by atoms with Gasteiger partial charge in [-0.05, 0) is 71.6 Å². The van der Waals surface area contributed by atoms with Crippen molar-refractivity contribution in [2.24, 2.45) is 0 Å². The summed E-state index contributed by atoms with van der Waals surface area (Å²) < 4.78 is 0. The number of hydrogen-bond donors (Lipinski definition) is 1. The third-order valence-electron chi connectivity index (χ3n) is 6.06. The van der Waals surface area contributed by atoms with E-state index in [1.165, 1.54) is 84.0 Å². The Morgan fingerprint density at radius 3 is 1.55 bits per heavy atom. The molecule has 2 aliphatic heterocycles. The Labute approximate surface area is 124 Å². The van der Waals surface area contributed by atoms with Crippen LogP contribution in [-0.2, 0) is 0 Å². The Balaban J connectivity index is 1.91. The van der Waals surface area contributed by atoms with Crippen LogP contribution in [0, 0.1) is 0 Å². The molecule has 3 aliphatic rings. The van der Waals surface area contributed by atoms with Gasteiger partial charge in [0.1, 0.15) is 5.66 Å². The lowest BCUT2D eigenvalue weighted by Crippen LogP contribution is -2.74. The van der Waals surface area contributed by atoms with E-state index in [9.17, 15) is 5.11 Å². The minimum Gasteiger partial charge on any atom is -0.387 e. The van der Waals surface area contributed by atoms with Crippen LogP contribution in [0.25, 0.3) is 0 Å². The van der Waals surface area contributed by atoms with Crippen molar-refractivity contribution in [1.29, 1.82) is 0 Å². The molecule has 2 saturated heterocycles. The van der Waals surface area contributed by atoms with Crippen LogP contribution >= 0.6 is 0 Å². The first-order valence-corrected chi connectivity index (χ1v) is 8.89. The largest absolute Gasteiger partial charge is 0.387 e. The fraction of sp³-hybridized carbons (Fsp3) is 1.00. The van der Waals surface area contributed by atoms with Gasteiger partial charge in [-0.25, -0.2) is 0 Å². The molecule has 1 unspecified atom stereocenters. The van der Waals surface area contributed by atoms with E-state index >= 15 is 0 Å². The van der Waals surface area contributed by atoms with E-state index < -0.39 is 5.60 Å². The highest BCUT2D eigenvalue weighted by atomic mass is 16.3. The van der Waals surface area contributed by atoms with Crippen molar-refractivity contribution in [2.45, 2.75) is 82.4 Å². The van der Waals surface area contributed by atoms with Gasteiger partial charge >= 0.3 is 0 Å². The maximum absolute atomic E-state index is 11.3. The zero-order valence-electron chi connectivity index (χ0n) is 13.2. The number of hydrogen-bond acceptors (Lipinski definition) is 3. The molecule has 3 rings (SSSR count). The van der Waals surface area contributed by atoms with Gasteiger partial charge in [0.25, 0.3) is 0 Å². The van der Waals surface area contributed by atoms with Crippen LogP contribution in [0.1, 0.15) is 71.1 Å². The van der Waals surface area contributed by atoms with Crippen molar-refractivity contribution in [1.82, 2.24) is 9.80 Å². The molecule has 116 valence electrons. The average Bonchev–Trinajstić information content (AvgIpc) is 2.49. The zero-order chi connectivity index (χ0) is 14.1. The first-order valence-electron chi connectivity index (χ1n) is 8.89. The van der Waals surface area contributed by atoms with Crippen molar-refractivity contribution in [3.8, 4) is 0 Å². The summed E-state index contributed by atoms with van der Waals surface area (Å²) in [5.74, 6) is 0. The van der Waals surface area contributed by atoms with Gasteiger partial charge in [0.15, 0.2) is 0 Å². The minimum absolute atomic E-state index is 0.0634. The van der Waals surface area contributed by atoms with Crippen molar-refractivity contribution in [2.75, 3.05) is 26.2 Å². The van der Waals surface area contributed by atoms with E-state index in [1.54, 1.807) is 0 Å². The van der Waals surface area contributed by atoms with Crippen molar-refractivity contribution >= 4 is 0 Å². The second-order valence-corrected chi connectivity index (χ2v) is 7.39.